The molecule has 4 heterocycles. The maximum absolute atomic E-state index is 13.3. The number of thiazole rings is 1. The van der Waals surface area contributed by atoms with E-state index in [9.17, 15) is 4.79 Å². The molecule has 5 nitrogen and oxygen atoms in total. The lowest BCUT2D eigenvalue weighted by Crippen LogP contribution is -2.30. The zero-order chi connectivity index (χ0) is 17.5. The van der Waals surface area contributed by atoms with E-state index in [2.05, 4.69) is 16.3 Å². The first-order chi connectivity index (χ1) is 12.8. The maximum atomic E-state index is 13.3. The van der Waals surface area contributed by atoms with Crippen molar-refractivity contribution in [3.8, 4) is 10.6 Å². The van der Waals surface area contributed by atoms with E-state index in [-0.39, 0.29) is 11.9 Å². The first-order valence-corrected chi connectivity index (χ1v) is 10.2. The number of aromatic amines is 1. The highest BCUT2D eigenvalue weighted by Crippen LogP contribution is 2.38. The van der Waals surface area contributed by atoms with Gasteiger partial charge in [0.1, 0.15) is 5.01 Å². The summed E-state index contributed by atoms with van der Waals surface area (Å²) in [7, 11) is 0. The second kappa shape index (κ2) is 6.34. The third-order valence-electron chi connectivity index (χ3n) is 4.75. The predicted molar refractivity (Wildman–Crippen MR) is 105 cm³/mol. The number of fused-ring (bicyclic) bond motifs is 1. The lowest BCUT2D eigenvalue weighted by Gasteiger charge is -2.23. The average molecular weight is 380 g/mol. The summed E-state index contributed by atoms with van der Waals surface area (Å²) in [5.41, 5.74) is 2.45. The lowest BCUT2D eigenvalue weighted by atomic mass is 10.1. The molecule has 130 valence electrons. The van der Waals surface area contributed by atoms with Crippen molar-refractivity contribution in [2.45, 2.75) is 18.9 Å². The quantitative estimate of drug-likeness (QED) is 0.559. The second-order valence-corrected chi connectivity index (χ2v) is 8.32. The number of hydrogen-bond acceptors (Lipinski definition) is 5. The van der Waals surface area contributed by atoms with Crippen LogP contribution >= 0.6 is 22.7 Å². The van der Waals surface area contributed by atoms with Crippen LogP contribution < -0.4 is 0 Å². The Morgan fingerprint density at radius 3 is 3.00 bits per heavy atom. The van der Waals surface area contributed by atoms with Gasteiger partial charge < -0.3 is 4.90 Å². The Bertz CT molecular complexity index is 1030. The third kappa shape index (κ3) is 2.55. The van der Waals surface area contributed by atoms with Crippen molar-refractivity contribution in [2.75, 3.05) is 6.54 Å². The van der Waals surface area contributed by atoms with Crippen molar-refractivity contribution in [3.05, 3.63) is 58.5 Å². The Kier molecular flexibility index (Phi) is 3.83. The number of thiophene rings is 1. The summed E-state index contributed by atoms with van der Waals surface area (Å²) in [6.45, 7) is 0.758. The molecule has 1 aromatic carbocycles. The van der Waals surface area contributed by atoms with Crippen LogP contribution in [0.15, 0.2) is 48.0 Å². The van der Waals surface area contributed by atoms with Crippen molar-refractivity contribution in [1.82, 2.24) is 20.1 Å². The Labute approximate surface area is 158 Å². The Hall–Kier alpha value is -2.51. The molecule has 1 fully saturated rings. The number of amides is 1. The molecule has 0 spiro atoms. The largest absolute Gasteiger partial charge is 0.329 e. The minimum absolute atomic E-state index is 0.0314. The van der Waals surface area contributed by atoms with Crippen LogP contribution in [0.25, 0.3) is 20.8 Å². The summed E-state index contributed by atoms with van der Waals surface area (Å²) < 4.78 is 1.17. The Morgan fingerprint density at radius 1 is 1.23 bits per heavy atom. The minimum atomic E-state index is 0.0314. The van der Waals surface area contributed by atoms with E-state index >= 15 is 0 Å². The zero-order valence-electron chi connectivity index (χ0n) is 13.9. The monoisotopic (exact) mass is 380 g/mol. The van der Waals surface area contributed by atoms with Gasteiger partial charge in [0.25, 0.3) is 5.91 Å². The molecule has 1 aliphatic rings. The standard InChI is InChI=1S/C19H16N4OS2/c24-19(12-11-20-22-17(12)16-8-4-10-25-16)23-9-3-6-14(23)18-21-13-5-1-2-7-15(13)26-18/h1-2,4-5,7-8,10-11,14H,3,6,9H2,(H,20,22)/t14-/m1/s1. The number of benzene rings is 1. The van der Waals surface area contributed by atoms with Crippen LogP contribution in [0.4, 0.5) is 0 Å². The molecule has 0 aliphatic carbocycles. The van der Waals surface area contributed by atoms with Gasteiger partial charge in [-0.3, -0.25) is 9.89 Å². The van der Waals surface area contributed by atoms with Gasteiger partial charge in [0.2, 0.25) is 0 Å². The summed E-state index contributed by atoms with van der Waals surface area (Å²) in [6, 6.07) is 12.2. The van der Waals surface area contributed by atoms with E-state index in [0.717, 1.165) is 40.5 Å². The van der Waals surface area contributed by atoms with Gasteiger partial charge in [-0.25, -0.2) is 4.98 Å². The number of likely N-dealkylation sites (tertiary alicyclic amines) is 1. The fourth-order valence-electron chi connectivity index (χ4n) is 3.51. The minimum Gasteiger partial charge on any atom is -0.329 e. The highest BCUT2D eigenvalue weighted by atomic mass is 32.1. The van der Waals surface area contributed by atoms with E-state index < -0.39 is 0 Å². The third-order valence-corrected chi connectivity index (χ3v) is 6.77. The molecule has 0 saturated carbocycles. The molecule has 1 saturated heterocycles. The molecule has 1 aliphatic heterocycles. The number of nitrogens with one attached hydrogen (secondary N) is 1. The van der Waals surface area contributed by atoms with E-state index in [1.807, 2.05) is 40.6 Å². The SMILES string of the molecule is O=C(c1cn[nH]c1-c1cccs1)N1CCC[C@@H]1c1nc2ccccc2s1. The number of carbonyl (C=O) groups is 1. The fraction of sp³-hybridized carbons (Fsp3) is 0.211. The Balaban J connectivity index is 1.49. The molecule has 1 atom stereocenters. The summed E-state index contributed by atoms with van der Waals surface area (Å²) in [5.74, 6) is 0.0314. The van der Waals surface area contributed by atoms with Gasteiger partial charge in [0.15, 0.2) is 0 Å². The van der Waals surface area contributed by atoms with Gasteiger partial charge >= 0.3 is 0 Å². The zero-order valence-corrected chi connectivity index (χ0v) is 15.5. The van der Waals surface area contributed by atoms with Crippen LogP contribution in [-0.4, -0.2) is 32.5 Å². The highest BCUT2D eigenvalue weighted by molar-refractivity contribution is 7.18. The molecule has 0 radical (unpaired) electrons. The number of aromatic nitrogens is 3. The number of hydrogen-bond donors (Lipinski definition) is 1. The summed E-state index contributed by atoms with van der Waals surface area (Å²) >= 11 is 3.29. The van der Waals surface area contributed by atoms with Crippen LogP contribution in [-0.2, 0) is 0 Å². The van der Waals surface area contributed by atoms with Crippen molar-refractivity contribution < 1.29 is 4.79 Å². The van der Waals surface area contributed by atoms with Crippen LogP contribution in [0.2, 0.25) is 0 Å². The molecular weight excluding hydrogens is 364 g/mol. The van der Waals surface area contributed by atoms with Gasteiger partial charge in [-0.2, -0.15) is 5.10 Å². The van der Waals surface area contributed by atoms with Gasteiger partial charge in [0.05, 0.1) is 38.6 Å². The molecule has 26 heavy (non-hydrogen) atoms. The normalized spacial score (nSPS) is 17.2. The number of carbonyl (C=O) groups excluding carboxylic acids is 1. The smallest absolute Gasteiger partial charge is 0.258 e. The van der Waals surface area contributed by atoms with Crippen LogP contribution in [0, 0.1) is 0 Å². The van der Waals surface area contributed by atoms with E-state index in [0.29, 0.717) is 5.56 Å². The van der Waals surface area contributed by atoms with E-state index in [1.54, 1.807) is 28.9 Å². The van der Waals surface area contributed by atoms with Gasteiger partial charge in [-0.15, -0.1) is 22.7 Å². The second-order valence-electron chi connectivity index (χ2n) is 6.31. The molecule has 5 rings (SSSR count). The lowest BCUT2D eigenvalue weighted by molar-refractivity contribution is 0.0736. The summed E-state index contributed by atoms with van der Waals surface area (Å²) in [4.78, 5) is 21.0. The number of H-pyrrole nitrogens is 1. The van der Waals surface area contributed by atoms with Gasteiger partial charge in [-0.1, -0.05) is 18.2 Å². The van der Waals surface area contributed by atoms with Gasteiger partial charge in [-0.05, 0) is 36.4 Å². The van der Waals surface area contributed by atoms with Crippen molar-refractivity contribution in [2.24, 2.45) is 0 Å². The Morgan fingerprint density at radius 2 is 2.15 bits per heavy atom. The predicted octanol–water partition coefficient (Wildman–Crippen LogP) is 4.73. The first-order valence-electron chi connectivity index (χ1n) is 8.55. The van der Waals surface area contributed by atoms with Crippen molar-refractivity contribution in [3.63, 3.8) is 0 Å². The molecular formula is C19H16N4OS2. The maximum Gasteiger partial charge on any atom is 0.258 e. The summed E-state index contributed by atoms with van der Waals surface area (Å²) in [6.07, 6.45) is 3.60. The topological polar surface area (TPSA) is 61.9 Å². The van der Waals surface area contributed by atoms with Crippen LogP contribution in [0.1, 0.15) is 34.2 Å². The fourth-order valence-corrected chi connectivity index (χ4v) is 5.36. The van der Waals surface area contributed by atoms with Crippen LogP contribution in [0.5, 0.6) is 0 Å². The first kappa shape index (κ1) is 15.7. The number of nitrogens with zero attached hydrogens (tertiary/aromatic N) is 3. The molecule has 0 bridgehead atoms. The average Bonchev–Trinajstić information content (AvgIpc) is 3.47. The van der Waals surface area contributed by atoms with Crippen LogP contribution in [0.3, 0.4) is 0 Å². The van der Waals surface area contributed by atoms with Crippen molar-refractivity contribution in [1.29, 1.82) is 0 Å². The molecule has 7 heteroatoms. The van der Waals surface area contributed by atoms with E-state index in [1.165, 1.54) is 4.70 Å². The summed E-state index contributed by atoms with van der Waals surface area (Å²) in [5, 5.41) is 10.1. The molecule has 4 aromatic rings. The number of rotatable bonds is 3. The molecule has 3 aromatic heterocycles. The molecule has 0 unspecified atom stereocenters. The molecule has 1 amide bonds. The van der Waals surface area contributed by atoms with E-state index in [4.69, 9.17) is 4.98 Å². The van der Waals surface area contributed by atoms with Crippen molar-refractivity contribution >= 4 is 38.8 Å². The number of para-hydroxylation sites is 1. The van der Waals surface area contributed by atoms with Gasteiger partial charge in [0, 0.05) is 6.54 Å². The molecule has 1 N–H and O–H groups in total. The highest BCUT2D eigenvalue weighted by Gasteiger charge is 2.34.